The fourth-order valence-electron chi connectivity index (χ4n) is 2.87. The monoisotopic (exact) mass is 314 g/mol. The third-order valence-electron chi connectivity index (χ3n) is 3.94. The standard InChI is InChI=1S/C18H18O5/c1-18(2)22-15(17(21)23-18)14(16(19)20)10-11-7-8-12-5-3-4-6-13(12)9-11/h3-9,14-15H,10H2,1-2H3,(H,19,20)/t14-,15+/m1/s1. The fraction of sp³-hybridized carbons (Fsp3) is 0.333. The van der Waals surface area contributed by atoms with Gasteiger partial charge >= 0.3 is 11.9 Å². The lowest BCUT2D eigenvalue weighted by molar-refractivity contribution is -0.163. The minimum absolute atomic E-state index is 0.204. The van der Waals surface area contributed by atoms with Crippen molar-refractivity contribution in [2.45, 2.75) is 32.2 Å². The van der Waals surface area contributed by atoms with Crippen LogP contribution in [0.25, 0.3) is 10.8 Å². The predicted octanol–water partition coefficient (Wildman–Crippen LogP) is 2.76. The summed E-state index contributed by atoms with van der Waals surface area (Å²) in [6, 6.07) is 13.6. The first-order valence-electron chi connectivity index (χ1n) is 7.47. The zero-order chi connectivity index (χ0) is 16.6. The summed E-state index contributed by atoms with van der Waals surface area (Å²) in [6.45, 7) is 3.19. The summed E-state index contributed by atoms with van der Waals surface area (Å²) in [5.74, 6) is -3.76. The quantitative estimate of drug-likeness (QED) is 0.879. The van der Waals surface area contributed by atoms with Gasteiger partial charge in [0.1, 0.15) is 0 Å². The number of hydrogen-bond donors (Lipinski definition) is 1. The number of carbonyl (C=O) groups excluding carboxylic acids is 1. The minimum Gasteiger partial charge on any atom is -0.481 e. The maximum absolute atomic E-state index is 11.9. The van der Waals surface area contributed by atoms with E-state index in [0.717, 1.165) is 16.3 Å². The van der Waals surface area contributed by atoms with Crippen LogP contribution in [0.5, 0.6) is 0 Å². The maximum Gasteiger partial charge on any atom is 0.338 e. The average molecular weight is 314 g/mol. The van der Waals surface area contributed by atoms with Crippen molar-refractivity contribution >= 4 is 22.7 Å². The van der Waals surface area contributed by atoms with Gasteiger partial charge in [-0.05, 0) is 22.8 Å². The van der Waals surface area contributed by atoms with E-state index in [0.29, 0.717) is 0 Å². The number of benzene rings is 2. The third-order valence-corrected chi connectivity index (χ3v) is 3.94. The molecule has 120 valence electrons. The number of carboxylic acids is 1. The van der Waals surface area contributed by atoms with Crippen LogP contribution in [0, 0.1) is 5.92 Å². The smallest absolute Gasteiger partial charge is 0.338 e. The molecule has 1 N–H and O–H groups in total. The highest BCUT2D eigenvalue weighted by atomic mass is 16.8. The summed E-state index contributed by atoms with van der Waals surface area (Å²) < 4.78 is 10.6. The Hall–Kier alpha value is -2.40. The molecular formula is C18H18O5. The number of fused-ring (bicyclic) bond motifs is 1. The lowest BCUT2D eigenvalue weighted by Gasteiger charge is -2.19. The van der Waals surface area contributed by atoms with E-state index in [2.05, 4.69) is 0 Å². The van der Waals surface area contributed by atoms with Crippen LogP contribution in [0.1, 0.15) is 19.4 Å². The van der Waals surface area contributed by atoms with E-state index in [9.17, 15) is 14.7 Å². The van der Waals surface area contributed by atoms with Crippen molar-refractivity contribution in [2.24, 2.45) is 5.92 Å². The van der Waals surface area contributed by atoms with Gasteiger partial charge in [0.05, 0.1) is 5.92 Å². The molecule has 1 heterocycles. The van der Waals surface area contributed by atoms with Gasteiger partial charge in [0.2, 0.25) is 5.79 Å². The second-order valence-corrected chi connectivity index (χ2v) is 6.19. The summed E-state index contributed by atoms with van der Waals surface area (Å²) in [4.78, 5) is 23.6. The molecule has 1 saturated heterocycles. The summed E-state index contributed by atoms with van der Waals surface area (Å²) in [7, 11) is 0. The molecular weight excluding hydrogens is 296 g/mol. The lowest BCUT2D eigenvalue weighted by Crippen LogP contribution is -2.35. The molecule has 0 spiro atoms. The largest absolute Gasteiger partial charge is 0.481 e. The summed E-state index contributed by atoms with van der Waals surface area (Å²) in [6.07, 6.45) is -0.885. The van der Waals surface area contributed by atoms with Crippen molar-refractivity contribution in [1.29, 1.82) is 0 Å². The van der Waals surface area contributed by atoms with Gasteiger partial charge in [0, 0.05) is 13.8 Å². The zero-order valence-electron chi connectivity index (χ0n) is 13.0. The van der Waals surface area contributed by atoms with Crippen LogP contribution < -0.4 is 0 Å². The van der Waals surface area contributed by atoms with Crippen molar-refractivity contribution in [3.8, 4) is 0 Å². The number of ether oxygens (including phenoxy) is 2. The number of cyclic esters (lactones) is 1. The van der Waals surface area contributed by atoms with Gasteiger partial charge in [-0.2, -0.15) is 0 Å². The number of rotatable bonds is 4. The van der Waals surface area contributed by atoms with Crippen molar-refractivity contribution in [3.05, 3.63) is 48.0 Å². The van der Waals surface area contributed by atoms with E-state index >= 15 is 0 Å². The highest BCUT2D eigenvalue weighted by Crippen LogP contribution is 2.30. The molecule has 0 unspecified atom stereocenters. The Labute approximate surface area is 133 Å². The second-order valence-electron chi connectivity index (χ2n) is 6.19. The topological polar surface area (TPSA) is 72.8 Å². The summed E-state index contributed by atoms with van der Waals surface area (Å²) in [5.41, 5.74) is 0.845. The number of aliphatic carboxylic acids is 1. The molecule has 2 atom stereocenters. The highest BCUT2D eigenvalue weighted by molar-refractivity contribution is 5.85. The number of hydrogen-bond acceptors (Lipinski definition) is 4. The van der Waals surface area contributed by atoms with Gasteiger partial charge in [0.15, 0.2) is 6.10 Å². The number of carboxylic acid groups (broad SMARTS) is 1. The SMILES string of the molecule is CC1(C)OC(=O)[C@H]([C@@H](Cc2ccc3ccccc3c2)C(=O)O)O1. The van der Waals surface area contributed by atoms with Crippen LogP contribution in [0.3, 0.4) is 0 Å². The van der Waals surface area contributed by atoms with Crippen molar-refractivity contribution in [3.63, 3.8) is 0 Å². The van der Waals surface area contributed by atoms with Gasteiger partial charge < -0.3 is 14.6 Å². The molecule has 0 aliphatic carbocycles. The second kappa shape index (κ2) is 5.66. The van der Waals surface area contributed by atoms with Crippen LogP contribution in [0.2, 0.25) is 0 Å². The van der Waals surface area contributed by atoms with Gasteiger partial charge in [-0.3, -0.25) is 4.79 Å². The number of esters is 1. The van der Waals surface area contributed by atoms with Gasteiger partial charge in [-0.15, -0.1) is 0 Å². The predicted molar refractivity (Wildman–Crippen MR) is 83.8 cm³/mol. The molecule has 0 amide bonds. The van der Waals surface area contributed by atoms with E-state index < -0.39 is 29.7 Å². The Morgan fingerprint density at radius 3 is 2.52 bits per heavy atom. The molecule has 3 rings (SSSR count). The molecule has 0 saturated carbocycles. The van der Waals surface area contributed by atoms with Crippen LogP contribution >= 0.6 is 0 Å². The molecule has 0 bridgehead atoms. The summed E-state index contributed by atoms with van der Waals surface area (Å²) in [5, 5.41) is 11.6. The maximum atomic E-state index is 11.9. The first kappa shape index (κ1) is 15.5. The molecule has 5 heteroatoms. The molecule has 5 nitrogen and oxygen atoms in total. The molecule has 0 aromatic heterocycles. The Balaban J connectivity index is 1.87. The van der Waals surface area contributed by atoms with E-state index in [1.165, 1.54) is 0 Å². The molecule has 2 aromatic carbocycles. The first-order chi connectivity index (χ1) is 10.9. The average Bonchev–Trinajstić information content (AvgIpc) is 2.77. The highest BCUT2D eigenvalue weighted by Gasteiger charge is 2.47. The Bertz CT molecular complexity index is 765. The molecule has 1 fully saturated rings. The Morgan fingerprint density at radius 2 is 1.91 bits per heavy atom. The van der Waals surface area contributed by atoms with Gasteiger partial charge in [-0.1, -0.05) is 42.5 Å². The van der Waals surface area contributed by atoms with Crippen molar-refractivity contribution in [1.82, 2.24) is 0 Å². The van der Waals surface area contributed by atoms with Crippen molar-refractivity contribution < 1.29 is 24.2 Å². The molecule has 1 aliphatic heterocycles. The van der Waals surface area contributed by atoms with Gasteiger partial charge in [-0.25, -0.2) is 4.79 Å². The zero-order valence-corrected chi connectivity index (χ0v) is 13.0. The number of carbonyl (C=O) groups is 2. The van der Waals surface area contributed by atoms with Gasteiger partial charge in [0.25, 0.3) is 0 Å². The molecule has 0 radical (unpaired) electrons. The van der Waals surface area contributed by atoms with Crippen LogP contribution in [-0.4, -0.2) is 28.9 Å². The Morgan fingerprint density at radius 1 is 1.22 bits per heavy atom. The minimum atomic E-state index is -1.09. The lowest BCUT2D eigenvalue weighted by atomic mass is 9.93. The van der Waals surface area contributed by atoms with E-state index in [1.807, 2.05) is 42.5 Å². The van der Waals surface area contributed by atoms with Crippen molar-refractivity contribution in [2.75, 3.05) is 0 Å². The Kier molecular flexibility index (Phi) is 3.82. The normalized spacial score (nSPS) is 21.1. The first-order valence-corrected chi connectivity index (χ1v) is 7.47. The van der Waals surface area contributed by atoms with E-state index in [-0.39, 0.29) is 6.42 Å². The molecule has 23 heavy (non-hydrogen) atoms. The van der Waals surface area contributed by atoms with Crippen LogP contribution in [0.4, 0.5) is 0 Å². The molecule has 1 aliphatic rings. The molecule has 2 aromatic rings. The van der Waals surface area contributed by atoms with Crippen LogP contribution in [0.15, 0.2) is 42.5 Å². The fourth-order valence-corrected chi connectivity index (χ4v) is 2.87. The summed E-state index contributed by atoms with van der Waals surface area (Å²) >= 11 is 0. The van der Waals surface area contributed by atoms with E-state index in [4.69, 9.17) is 9.47 Å². The van der Waals surface area contributed by atoms with Crippen LogP contribution in [-0.2, 0) is 25.5 Å². The van der Waals surface area contributed by atoms with E-state index in [1.54, 1.807) is 13.8 Å². The third kappa shape index (κ3) is 3.19.